The predicted octanol–water partition coefficient (Wildman–Crippen LogP) is 1.12. The number of hydrogen-bond acceptors (Lipinski definition) is 3. The largest absolute Gasteiger partial charge is 0.352 e. The molecule has 64 valence electrons. The van der Waals surface area contributed by atoms with Crippen molar-refractivity contribution in [1.29, 1.82) is 0 Å². The number of ether oxygens (including phenoxy) is 2. The Kier molecular flexibility index (Phi) is 3.52. The molecule has 0 bridgehead atoms. The second kappa shape index (κ2) is 4.46. The molecule has 0 amide bonds. The van der Waals surface area contributed by atoms with E-state index in [0.717, 1.165) is 6.42 Å². The number of hydrogen-bond donors (Lipinski definition) is 0. The normalized spacial score (nSPS) is 25.5. The summed E-state index contributed by atoms with van der Waals surface area (Å²) < 4.78 is 10.5. The van der Waals surface area contributed by atoms with Crippen LogP contribution in [0.5, 0.6) is 0 Å². The van der Waals surface area contributed by atoms with Gasteiger partial charge in [-0.05, 0) is 6.42 Å². The molecule has 1 fully saturated rings. The minimum absolute atomic E-state index is 0.248. The van der Waals surface area contributed by atoms with Crippen molar-refractivity contribution in [2.24, 2.45) is 0 Å². The number of carbonyl (C=O) groups excluding carboxylic acids is 1. The fourth-order valence-electron chi connectivity index (χ4n) is 1.01. The third-order valence-corrected chi connectivity index (χ3v) is 1.59. The smallest absolute Gasteiger partial charge is 0.164 e. The Labute approximate surface area is 66.7 Å². The maximum absolute atomic E-state index is 10.9. The molecule has 1 aliphatic heterocycles. The fourth-order valence-corrected chi connectivity index (χ4v) is 1.01. The first-order chi connectivity index (χ1) is 5.33. The summed E-state index contributed by atoms with van der Waals surface area (Å²) in [6.07, 6.45) is 1.68. The van der Waals surface area contributed by atoms with Crippen LogP contribution in [0.15, 0.2) is 0 Å². The third-order valence-electron chi connectivity index (χ3n) is 1.59. The van der Waals surface area contributed by atoms with Gasteiger partial charge in [0.25, 0.3) is 0 Å². The second-order valence-electron chi connectivity index (χ2n) is 2.66. The summed E-state index contributed by atoms with van der Waals surface area (Å²) in [5, 5.41) is 0. The summed E-state index contributed by atoms with van der Waals surface area (Å²) in [5.41, 5.74) is 0. The zero-order valence-corrected chi connectivity index (χ0v) is 6.84. The van der Waals surface area contributed by atoms with Crippen LogP contribution in [0.1, 0.15) is 26.2 Å². The lowest BCUT2D eigenvalue weighted by atomic mass is 10.2. The average molecular weight is 158 g/mol. The zero-order chi connectivity index (χ0) is 8.10. The monoisotopic (exact) mass is 158 g/mol. The van der Waals surface area contributed by atoms with Crippen molar-refractivity contribution in [1.82, 2.24) is 0 Å². The van der Waals surface area contributed by atoms with Crippen LogP contribution in [0, 0.1) is 0 Å². The molecule has 0 aliphatic carbocycles. The van der Waals surface area contributed by atoms with Crippen LogP contribution in [-0.2, 0) is 14.3 Å². The van der Waals surface area contributed by atoms with Crippen LogP contribution in [0.25, 0.3) is 0 Å². The lowest BCUT2D eigenvalue weighted by Crippen LogP contribution is -2.28. The molecule has 3 heteroatoms. The highest BCUT2D eigenvalue weighted by molar-refractivity contribution is 5.79. The van der Waals surface area contributed by atoms with Gasteiger partial charge in [-0.25, -0.2) is 0 Å². The van der Waals surface area contributed by atoms with E-state index in [1.165, 1.54) is 0 Å². The standard InChI is InChI=1S/C8H14O3/c1-2-4-10-8-6-7(9)3-5-11-8/h8H,2-6H2,1H3. The summed E-state index contributed by atoms with van der Waals surface area (Å²) >= 11 is 0. The zero-order valence-electron chi connectivity index (χ0n) is 6.84. The van der Waals surface area contributed by atoms with E-state index in [0.29, 0.717) is 26.1 Å². The molecule has 1 aliphatic rings. The second-order valence-corrected chi connectivity index (χ2v) is 2.66. The van der Waals surface area contributed by atoms with Gasteiger partial charge in [0, 0.05) is 13.0 Å². The van der Waals surface area contributed by atoms with Crippen LogP contribution < -0.4 is 0 Å². The highest BCUT2D eigenvalue weighted by Crippen LogP contribution is 2.10. The summed E-state index contributed by atoms with van der Waals surface area (Å²) in [6, 6.07) is 0. The van der Waals surface area contributed by atoms with Crippen LogP contribution in [0.2, 0.25) is 0 Å². The lowest BCUT2D eigenvalue weighted by Gasteiger charge is -2.21. The Balaban J connectivity index is 2.17. The molecule has 0 radical (unpaired) electrons. The third kappa shape index (κ3) is 2.99. The first-order valence-corrected chi connectivity index (χ1v) is 4.08. The SMILES string of the molecule is CCCOC1CC(=O)CCO1. The number of rotatable bonds is 3. The van der Waals surface area contributed by atoms with Gasteiger partial charge < -0.3 is 9.47 Å². The van der Waals surface area contributed by atoms with Gasteiger partial charge in [-0.3, -0.25) is 4.79 Å². The molecule has 0 aromatic rings. The Morgan fingerprint density at radius 3 is 3.18 bits per heavy atom. The average Bonchev–Trinajstić information content (AvgIpc) is 2.01. The minimum Gasteiger partial charge on any atom is -0.352 e. The highest BCUT2D eigenvalue weighted by atomic mass is 16.7. The van der Waals surface area contributed by atoms with Gasteiger partial charge in [-0.15, -0.1) is 0 Å². The van der Waals surface area contributed by atoms with Gasteiger partial charge in [0.1, 0.15) is 5.78 Å². The van der Waals surface area contributed by atoms with Crippen molar-refractivity contribution in [2.75, 3.05) is 13.2 Å². The Bertz CT molecular complexity index is 133. The molecule has 0 saturated carbocycles. The lowest BCUT2D eigenvalue weighted by molar-refractivity contribution is -0.171. The minimum atomic E-state index is -0.267. The van der Waals surface area contributed by atoms with Crippen molar-refractivity contribution in [3.63, 3.8) is 0 Å². The van der Waals surface area contributed by atoms with Gasteiger partial charge in [0.15, 0.2) is 6.29 Å². The van der Waals surface area contributed by atoms with E-state index in [4.69, 9.17) is 9.47 Å². The van der Waals surface area contributed by atoms with Crippen LogP contribution >= 0.6 is 0 Å². The molecule has 0 aromatic heterocycles. The molecule has 1 atom stereocenters. The molecule has 3 nitrogen and oxygen atoms in total. The molecular formula is C8H14O3. The Morgan fingerprint density at radius 1 is 1.73 bits per heavy atom. The first-order valence-electron chi connectivity index (χ1n) is 4.08. The number of carbonyl (C=O) groups is 1. The van der Waals surface area contributed by atoms with E-state index < -0.39 is 0 Å². The molecular weight excluding hydrogens is 144 g/mol. The fraction of sp³-hybridized carbons (Fsp3) is 0.875. The number of ketones is 1. The van der Waals surface area contributed by atoms with Gasteiger partial charge in [-0.2, -0.15) is 0 Å². The van der Waals surface area contributed by atoms with E-state index in [1.807, 2.05) is 6.92 Å². The van der Waals surface area contributed by atoms with Gasteiger partial charge in [-0.1, -0.05) is 6.92 Å². The van der Waals surface area contributed by atoms with E-state index in [-0.39, 0.29) is 12.1 Å². The first kappa shape index (κ1) is 8.68. The maximum Gasteiger partial charge on any atom is 0.164 e. The van der Waals surface area contributed by atoms with Gasteiger partial charge >= 0.3 is 0 Å². The van der Waals surface area contributed by atoms with Crippen LogP contribution in [-0.4, -0.2) is 25.3 Å². The molecule has 0 spiro atoms. The van der Waals surface area contributed by atoms with Crippen LogP contribution in [0.4, 0.5) is 0 Å². The number of Topliss-reactive ketones (excluding diaryl/α,β-unsaturated/α-hetero) is 1. The van der Waals surface area contributed by atoms with E-state index >= 15 is 0 Å². The summed E-state index contributed by atoms with van der Waals surface area (Å²) in [5.74, 6) is 0.248. The molecule has 0 N–H and O–H groups in total. The van der Waals surface area contributed by atoms with E-state index in [1.54, 1.807) is 0 Å². The van der Waals surface area contributed by atoms with Gasteiger partial charge in [0.2, 0.25) is 0 Å². The van der Waals surface area contributed by atoms with Crippen molar-refractivity contribution >= 4 is 5.78 Å². The molecule has 1 saturated heterocycles. The maximum atomic E-state index is 10.9. The Hall–Kier alpha value is -0.410. The topological polar surface area (TPSA) is 35.5 Å². The highest BCUT2D eigenvalue weighted by Gasteiger charge is 2.19. The molecule has 11 heavy (non-hydrogen) atoms. The summed E-state index contributed by atoms with van der Waals surface area (Å²) in [6.45, 7) is 3.23. The Morgan fingerprint density at radius 2 is 2.55 bits per heavy atom. The molecule has 1 heterocycles. The van der Waals surface area contributed by atoms with Crippen molar-refractivity contribution in [3.8, 4) is 0 Å². The van der Waals surface area contributed by atoms with Gasteiger partial charge in [0.05, 0.1) is 13.0 Å². The molecule has 0 aromatic carbocycles. The summed E-state index contributed by atoms with van der Waals surface area (Å²) in [7, 11) is 0. The predicted molar refractivity (Wildman–Crippen MR) is 40.2 cm³/mol. The molecule has 1 unspecified atom stereocenters. The van der Waals surface area contributed by atoms with Crippen molar-refractivity contribution in [3.05, 3.63) is 0 Å². The van der Waals surface area contributed by atoms with Crippen LogP contribution in [0.3, 0.4) is 0 Å². The van der Waals surface area contributed by atoms with E-state index in [9.17, 15) is 4.79 Å². The van der Waals surface area contributed by atoms with Crippen molar-refractivity contribution in [2.45, 2.75) is 32.5 Å². The molecule has 1 rings (SSSR count). The summed E-state index contributed by atoms with van der Waals surface area (Å²) in [4.78, 5) is 10.9. The van der Waals surface area contributed by atoms with Crippen molar-refractivity contribution < 1.29 is 14.3 Å². The van der Waals surface area contributed by atoms with E-state index in [2.05, 4.69) is 0 Å². The quantitative estimate of drug-likeness (QED) is 0.617.